The molecule has 0 bridgehead atoms. The van der Waals surface area contributed by atoms with Crippen molar-refractivity contribution in [3.63, 3.8) is 0 Å². The van der Waals surface area contributed by atoms with Gasteiger partial charge in [-0.15, -0.1) is 0 Å². The van der Waals surface area contributed by atoms with Crippen molar-refractivity contribution >= 4 is 11.9 Å². The molecule has 0 aliphatic rings. The first-order chi connectivity index (χ1) is 7.25. The number of rotatable bonds is 5. The van der Waals surface area contributed by atoms with Crippen LogP contribution in [-0.4, -0.2) is 34.9 Å². The Hall–Kier alpha value is -1.36. The van der Waals surface area contributed by atoms with E-state index in [4.69, 9.17) is 14.9 Å². The molecule has 0 atom stereocenters. The summed E-state index contributed by atoms with van der Waals surface area (Å²) in [6.07, 6.45) is 2.80. The fourth-order valence-corrected chi connectivity index (χ4v) is 0.513. The van der Waals surface area contributed by atoms with Gasteiger partial charge < -0.3 is 14.9 Å². The number of carboxylic acids is 2. The quantitative estimate of drug-likeness (QED) is 0.706. The number of carboxylic acid groups (broad SMARTS) is 2. The van der Waals surface area contributed by atoms with E-state index in [2.05, 4.69) is 0 Å². The largest absolute Gasteiger partial charge is 0.480 e. The minimum Gasteiger partial charge on any atom is -0.480 e. The van der Waals surface area contributed by atoms with Gasteiger partial charge in [-0.2, -0.15) is 0 Å². The third-order valence-electron chi connectivity index (χ3n) is 1.16. The first-order valence-corrected chi connectivity index (χ1v) is 5.00. The van der Waals surface area contributed by atoms with E-state index in [0.717, 1.165) is 6.08 Å². The van der Waals surface area contributed by atoms with Crippen LogP contribution in [0.5, 0.6) is 0 Å². The lowest BCUT2D eigenvalue weighted by molar-refractivity contribution is -0.143. The fourth-order valence-electron chi connectivity index (χ4n) is 0.513. The molecule has 94 valence electrons. The second-order valence-electron chi connectivity index (χ2n) is 3.69. The van der Waals surface area contributed by atoms with Gasteiger partial charge in [-0.05, 0) is 19.8 Å². The Labute approximate surface area is 95.7 Å². The molecule has 0 heterocycles. The molecule has 0 unspecified atom stereocenters. The molecule has 0 aromatic heterocycles. The van der Waals surface area contributed by atoms with Crippen molar-refractivity contribution in [1.82, 2.24) is 0 Å². The summed E-state index contributed by atoms with van der Waals surface area (Å²) in [5.41, 5.74) is 0. The van der Waals surface area contributed by atoms with Gasteiger partial charge in [0.25, 0.3) is 0 Å². The summed E-state index contributed by atoms with van der Waals surface area (Å²) in [4.78, 5) is 19.6. The highest BCUT2D eigenvalue weighted by Crippen LogP contribution is 1.91. The highest BCUT2D eigenvalue weighted by molar-refractivity contribution is 5.79. The van der Waals surface area contributed by atoms with E-state index in [-0.39, 0.29) is 12.7 Å². The van der Waals surface area contributed by atoms with Gasteiger partial charge in [-0.25, -0.2) is 9.59 Å². The summed E-state index contributed by atoms with van der Waals surface area (Å²) in [6.45, 7) is 7.25. The summed E-state index contributed by atoms with van der Waals surface area (Å²) in [7, 11) is 0. The van der Waals surface area contributed by atoms with Gasteiger partial charge in [0.2, 0.25) is 0 Å². The van der Waals surface area contributed by atoms with E-state index in [9.17, 15) is 9.59 Å². The van der Waals surface area contributed by atoms with E-state index in [1.54, 1.807) is 19.9 Å². The lowest BCUT2D eigenvalue weighted by Crippen LogP contribution is -2.11. The molecule has 0 fully saturated rings. The average molecular weight is 232 g/mol. The summed E-state index contributed by atoms with van der Waals surface area (Å²) in [5, 5.41) is 16.1. The Bertz CT molecular complexity index is 231. The van der Waals surface area contributed by atoms with Gasteiger partial charge in [0, 0.05) is 6.08 Å². The molecule has 0 aromatic carbocycles. The number of ether oxygens (including phenoxy) is 1. The Kier molecular flexibility index (Phi) is 10.8. The molecule has 0 amide bonds. The van der Waals surface area contributed by atoms with Gasteiger partial charge in [-0.3, -0.25) is 0 Å². The monoisotopic (exact) mass is 232 g/mol. The van der Waals surface area contributed by atoms with Crippen LogP contribution in [0, 0.1) is 5.92 Å². The van der Waals surface area contributed by atoms with Gasteiger partial charge in [0.1, 0.15) is 6.61 Å². The lowest BCUT2D eigenvalue weighted by Gasteiger charge is -2.01. The predicted molar refractivity (Wildman–Crippen MR) is 60.3 cm³/mol. The second-order valence-corrected chi connectivity index (χ2v) is 3.69. The zero-order valence-electron chi connectivity index (χ0n) is 10.1. The molecule has 0 saturated carbocycles. The SMILES string of the molecule is CC(C)/C=C/C(=O)O.CC(C)OCC(=O)O. The highest BCUT2D eigenvalue weighted by atomic mass is 16.5. The number of allylic oxidation sites excluding steroid dienone is 1. The molecule has 0 aliphatic carbocycles. The number of hydrogen-bond donors (Lipinski definition) is 2. The number of aliphatic carboxylic acids is 2. The summed E-state index contributed by atoms with van der Waals surface area (Å²) >= 11 is 0. The Morgan fingerprint density at radius 3 is 1.81 bits per heavy atom. The zero-order valence-corrected chi connectivity index (χ0v) is 10.1. The van der Waals surface area contributed by atoms with Crippen molar-refractivity contribution in [2.24, 2.45) is 5.92 Å². The highest BCUT2D eigenvalue weighted by Gasteiger charge is 1.97. The number of carbonyl (C=O) groups is 2. The topological polar surface area (TPSA) is 83.8 Å². The predicted octanol–water partition coefficient (Wildman–Crippen LogP) is 1.78. The Morgan fingerprint density at radius 1 is 1.19 bits per heavy atom. The molecule has 0 spiro atoms. The van der Waals surface area contributed by atoms with Crippen LogP contribution in [0.15, 0.2) is 12.2 Å². The van der Waals surface area contributed by atoms with Crippen LogP contribution in [0.3, 0.4) is 0 Å². The molecule has 0 rings (SSSR count). The lowest BCUT2D eigenvalue weighted by atomic mass is 10.2. The average Bonchev–Trinajstić information content (AvgIpc) is 2.12. The van der Waals surface area contributed by atoms with Gasteiger partial charge in [0.15, 0.2) is 0 Å². The Balaban J connectivity index is 0. The molecule has 0 aliphatic heterocycles. The van der Waals surface area contributed by atoms with Crippen LogP contribution in [0.1, 0.15) is 27.7 Å². The normalized spacial score (nSPS) is 10.4. The molecular weight excluding hydrogens is 212 g/mol. The summed E-state index contributed by atoms with van der Waals surface area (Å²) < 4.78 is 4.70. The molecule has 5 nitrogen and oxygen atoms in total. The summed E-state index contributed by atoms with van der Waals surface area (Å²) in [5.74, 6) is -1.47. The van der Waals surface area contributed by atoms with Gasteiger partial charge >= 0.3 is 11.9 Å². The smallest absolute Gasteiger partial charge is 0.329 e. The van der Waals surface area contributed by atoms with Gasteiger partial charge in [-0.1, -0.05) is 19.9 Å². The molecular formula is C11H20O5. The van der Waals surface area contributed by atoms with Crippen molar-refractivity contribution in [1.29, 1.82) is 0 Å². The van der Waals surface area contributed by atoms with E-state index in [1.807, 2.05) is 13.8 Å². The maximum Gasteiger partial charge on any atom is 0.329 e. The molecule has 2 N–H and O–H groups in total. The van der Waals surface area contributed by atoms with Crippen molar-refractivity contribution in [2.75, 3.05) is 6.61 Å². The van der Waals surface area contributed by atoms with E-state index in [1.165, 1.54) is 0 Å². The first kappa shape index (κ1) is 17.0. The van der Waals surface area contributed by atoms with Crippen LogP contribution in [0.4, 0.5) is 0 Å². The maximum atomic E-state index is 9.82. The van der Waals surface area contributed by atoms with Crippen molar-refractivity contribution < 1.29 is 24.5 Å². The third kappa shape index (κ3) is 22.9. The second kappa shape index (κ2) is 10.2. The van der Waals surface area contributed by atoms with Crippen LogP contribution >= 0.6 is 0 Å². The molecule has 16 heavy (non-hydrogen) atoms. The first-order valence-electron chi connectivity index (χ1n) is 5.00. The minimum atomic E-state index is -0.918. The zero-order chi connectivity index (χ0) is 13.1. The van der Waals surface area contributed by atoms with Crippen LogP contribution < -0.4 is 0 Å². The third-order valence-corrected chi connectivity index (χ3v) is 1.16. The van der Waals surface area contributed by atoms with Gasteiger partial charge in [0.05, 0.1) is 6.10 Å². The Morgan fingerprint density at radius 2 is 1.69 bits per heavy atom. The van der Waals surface area contributed by atoms with E-state index >= 15 is 0 Å². The molecule has 0 aromatic rings. The van der Waals surface area contributed by atoms with Crippen LogP contribution in [0.25, 0.3) is 0 Å². The van der Waals surface area contributed by atoms with Crippen LogP contribution in [-0.2, 0) is 14.3 Å². The van der Waals surface area contributed by atoms with E-state index < -0.39 is 11.9 Å². The molecule has 0 saturated heterocycles. The number of hydrogen-bond acceptors (Lipinski definition) is 3. The fraction of sp³-hybridized carbons (Fsp3) is 0.636. The van der Waals surface area contributed by atoms with Crippen molar-refractivity contribution in [3.8, 4) is 0 Å². The van der Waals surface area contributed by atoms with Crippen LogP contribution in [0.2, 0.25) is 0 Å². The molecule has 5 heteroatoms. The van der Waals surface area contributed by atoms with Crippen molar-refractivity contribution in [3.05, 3.63) is 12.2 Å². The maximum absolute atomic E-state index is 9.82. The minimum absolute atomic E-state index is 0.00565. The summed E-state index contributed by atoms with van der Waals surface area (Å²) in [6, 6.07) is 0. The molecule has 0 radical (unpaired) electrons. The van der Waals surface area contributed by atoms with Crippen molar-refractivity contribution in [2.45, 2.75) is 33.8 Å². The standard InChI is InChI=1S/C6H10O2.C5H10O3/c1-5(2)3-4-6(7)8;1-4(2)8-3-5(6)7/h3-5H,1-2H3,(H,7,8);4H,3H2,1-2H3,(H,6,7)/b4-3+;. The van der Waals surface area contributed by atoms with E-state index in [0.29, 0.717) is 5.92 Å².